The van der Waals surface area contributed by atoms with Crippen molar-refractivity contribution >= 4 is 23.5 Å². The fourth-order valence-corrected chi connectivity index (χ4v) is 2.76. The van der Waals surface area contributed by atoms with E-state index >= 15 is 0 Å². The third kappa shape index (κ3) is 3.84. The van der Waals surface area contributed by atoms with Gasteiger partial charge in [-0.05, 0) is 36.8 Å². The third-order valence-electron chi connectivity index (χ3n) is 4.21. The summed E-state index contributed by atoms with van der Waals surface area (Å²) in [5.41, 5.74) is 2.11. The predicted molar refractivity (Wildman–Crippen MR) is 94.1 cm³/mol. The molecule has 1 aliphatic rings. The zero-order valence-electron chi connectivity index (χ0n) is 14.5. The largest absolute Gasteiger partial charge is 0.461 e. The SMILES string of the molecule is Cc1ccc2c(c1)C(=O)N(CCC(=O)OCc1ccc([N+](=O)[O-])cc1)C2=O. The molecule has 3 rings (SSSR count). The Morgan fingerprint density at radius 2 is 1.74 bits per heavy atom. The van der Waals surface area contributed by atoms with Gasteiger partial charge in [-0.1, -0.05) is 11.6 Å². The number of aryl methyl sites for hydroxylation is 1. The van der Waals surface area contributed by atoms with E-state index in [1.807, 2.05) is 6.92 Å². The van der Waals surface area contributed by atoms with Crippen LogP contribution in [-0.4, -0.2) is 34.2 Å². The van der Waals surface area contributed by atoms with Crippen LogP contribution < -0.4 is 0 Å². The zero-order valence-corrected chi connectivity index (χ0v) is 14.5. The Kier molecular flexibility index (Phi) is 4.98. The lowest BCUT2D eigenvalue weighted by Gasteiger charge is -2.13. The van der Waals surface area contributed by atoms with Gasteiger partial charge in [0.05, 0.1) is 22.5 Å². The smallest absolute Gasteiger partial charge is 0.307 e. The summed E-state index contributed by atoms with van der Waals surface area (Å²) in [5.74, 6) is -1.40. The first-order valence-electron chi connectivity index (χ1n) is 8.22. The summed E-state index contributed by atoms with van der Waals surface area (Å²) < 4.78 is 5.10. The van der Waals surface area contributed by atoms with Crippen LogP contribution in [0.2, 0.25) is 0 Å². The van der Waals surface area contributed by atoms with Crippen LogP contribution in [0, 0.1) is 17.0 Å². The number of non-ortho nitro benzene ring substituents is 1. The molecule has 0 atom stereocenters. The van der Waals surface area contributed by atoms with Gasteiger partial charge in [-0.15, -0.1) is 0 Å². The lowest BCUT2D eigenvalue weighted by Crippen LogP contribution is -2.32. The molecule has 0 aromatic heterocycles. The van der Waals surface area contributed by atoms with Crippen LogP contribution >= 0.6 is 0 Å². The Balaban J connectivity index is 1.53. The molecule has 0 unspecified atom stereocenters. The van der Waals surface area contributed by atoms with Gasteiger partial charge in [-0.2, -0.15) is 0 Å². The number of hydrogen-bond acceptors (Lipinski definition) is 6. The number of nitrogens with zero attached hydrogens (tertiary/aromatic N) is 2. The molecule has 0 bridgehead atoms. The highest BCUT2D eigenvalue weighted by Crippen LogP contribution is 2.24. The van der Waals surface area contributed by atoms with Crippen molar-refractivity contribution in [2.24, 2.45) is 0 Å². The van der Waals surface area contributed by atoms with Crippen molar-refractivity contribution in [1.29, 1.82) is 0 Å². The van der Waals surface area contributed by atoms with E-state index in [2.05, 4.69) is 0 Å². The van der Waals surface area contributed by atoms with E-state index in [0.29, 0.717) is 16.7 Å². The molecule has 8 heteroatoms. The second-order valence-electron chi connectivity index (χ2n) is 6.15. The molecule has 0 radical (unpaired) electrons. The van der Waals surface area contributed by atoms with Crippen LogP contribution in [0.5, 0.6) is 0 Å². The van der Waals surface area contributed by atoms with Crippen LogP contribution in [0.1, 0.15) is 38.3 Å². The van der Waals surface area contributed by atoms with Crippen LogP contribution in [0.25, 0.3) is 0 Å². The molecule has 0 saturated heterocycles. The molecule has 2 aromatic carbocycles. The number of nitro benzene ring substituents is 1. The Hall–Kier alpha value is -3.55. The van der Waals surface area contributed by atoms with Crippen LogP contribution in [0.15, 0.2) is 42.5 Å². The van der Waals surface area contributed by atoms with Gasteiger partial charge in [0, 0.05) is 18.7 Å². The summed E-state index contributed by atoms with van der Waals surface area (Å²) in [6.45, 7) is 1.72. The summed E-state index contributed by atoms with van der Waals surface area (Å²) >= 11 is 0. The van der Waals surface area contributed by atoms with Crippen molar-refractivity contribution in [3.63, 3.8) is 0 Å². The maximum atomic E-state index is 12.3. The molecule has 1 aliphatic heterocycles. The van der Waals surface area contributed by atoms with Crippen molar-refractivity contribution in [3.05, 3.63) is 74.8 Å². The summed E-state index contributed by atoms with van der Waals surface area (Å²) in [5, 5.41) is 10.6. The van der Waals surface area contributed by atoms with Crippen LogP contribution in [0.3, 0.4) is 0 Å². The number of carbonyl (C=O) groups is 3. The zero-order chi connectivity index (χ0) is 19.6. The maximum Gasteiger partial charge on any atom is 0.307 e. The molecule has 2 amide bonds. The fourth-order valence-electron chi connectivity index (χ4n) is 2.76. The van der Waals surface area contributed by atoms with Crippen molar-refractivity contribution in [2.75, 3.05) is 6.54 Å². The maximum absolute atomic E-state index is 12.3. The second-order valence-corrected chi connectivity index (χ2v) is 6.15. The van der Waals surface area contributed by atoms with E-state index in [4.69, 9.17) is 4.74 Å². The van der Waals surface area contributed by atoms with E-state index in [-0.39, 0.29) is 25.3 Å². The second kappa shape index (κ2) is 7.36. The Morgan fingerprint density at radius 1 is 1.07 bits per heavy atom. The number of esters is 1. The molecule has 0 aliphatic carbocycles. The molecule has 27 heavy (non-hydrogen) atoms. The van der Waals surface area contributed by atoms with Gasteiger partial charge in [-0.3, -0.25) is 29.4 Å². The van der Waals surface area contributed by atoms with E-state index in [0.717, 1.165) is 10.5 Å². The predicted octanol–water partition coefficient (Wildman–Crippen LogP) is 2.63. The number of hydrogen-bond donors (Lipinski definition) is 0. The molecule has 8 nitrogen and oxygen atoms in total. The van der Waals surface area contributed by atoms with Crippen molar-refractivity contribution in [3.8, 4) is 0 Å². The monoisotopic (exact) mass is 368 g/mol. The summed E-state index contributed by atoms with van der Waals surface area (Å²) in [6, 6.07) is 10.7. The van der Waals surface area contributed by atoms with Gasteiger partial charge < -0.3 is 4.74 Å². The number of rotatable bonds is 6. The molecule has 2 aromatic rings. The fraction of sp³-hybridized carbons (Fsp3) is 0.211. The average molecular weight is 368 g/mol. The minimum atomic E-state index is -0.568. The lowest BCUT2D eigenvalue weighted by atomic mass is 10.1. The Labute approximate surface area is 154 Å². The molecule has 138 valence electrons. The van der Waals surface area contributed by atoms with E-state index in [1.54, 1.807) is 18.2 Å². The van der Waals surface area contributed by atoms with Crippen LogP contribution in [-0.2, 0) is 16.1 Å². The topological polar surface area (TPSA) is 107 Å². The minimum absolute atomic E-state index is 0.0435. The average Bonchev–Trinajstić information content (AvgIpc) is 2.88. The van der Waals surface area contributed by atoms with Crippen molar-refractivity contribution < 1.29 is 24.0 Å². The highest BCUT2D eigenvalue weighted by Gasteiger charge is 2.35. The van der Waals surface area contributed by atoms with Crippen molar-refractivity contribution in [1.82, 2.24) is 4.90 Å². The Morgan fingerprint density at radius 3 is 2.41 bits per heavy atom. The normalized spacial score (nSPS) is 12.9. The number of amides is 2. The first-order valence-corrected chi connectivity index (χ1v) is 8.22. The summed E-state index contributed by atoms with van der Waals surface area (Å²) in [7, 11) is 0. The number of benzene rings is 2. The molecule has 0 saturated carbocycles. The van der Waals surface area contributed by atoms with E-state index in [9.17, 15) is 24.5 Å². The number of imide groups is 1. The molecule has 1 heterocycles. The highest BCUT2D eigenvalue weighted by molar-refractivity contribution is 6.21. The van der Waals surface area contributed by atoms with Gasteiger partial charge in [0.2, 0.25) is 0 Å². The molecule has 0 fully saturated rings. The number of carbonyl (C=O) groups excluding carboxylic acids is 3. The minimum Gasteiger partial charge on any atom is -0.461 e. The number of nitro groups is 1. The quantitative estimate of drug-likeness (QED) is 0.336. The lowest BCUT2D eigenvalue weighted by molar-refractivity contribution is -0.384. The molecule has 0 N–H and O–H groups in total. The van der Waals surface area contributed by atoms with Gasteiger partial charge in [0.1, 0.15) is 6.61 Å². The molecular formula is C19H16N2O6. The standard InChI is InChI=1S/C19H16N2O6/c1-12-2-7-15-16(10-12)19(24)20(18(15)23)9-8-17(22)27-11-13-3-5-14(6-4-13)21(25)26/h2-7,10H,8-9,11H2,1H3. The Bertz CT molecular complexity index is 936. The first-order chi connectivity index (χ1) is 12.9. The first kappa shape index (κ1) is 18.2. The van der Waals surface area contributed by atoms with E-state index < -0.39 is 22.7 Å². The van der Waals surface area contributed by atoms with Gasteiger partial charge in [0.25, 0.3) is 17.5 Å². The van der Waals surface area contributed by atoms with Gasteiger partial charge in [-0.25, -0.2) is 0 Å². The molecular weight excluding hydrogens is 352 g/mol. The highest BCUT2D eigenvalue weighted by atomic mass is 16.6. The summed E-state index contributed by atoms with van der Waals surface area (Å²) in [4.78, 5) is 47.7. The number of fused-ring (bicyclic) bond motifs is 1. The van der Waals surface area contributed by atoms with Gasteiger partial charge >= 0.3 is 5.97 Å². The van der Waals surface area contributed by atoms with Crippen molar-refractivity contribution in [2.45, 2.75) is 20.0 Å². The molecule has 0 spiro atoms. The van der Waals surface area contributed by atoms with Gasteiger partial charge in [0.15, 0.2) is 0 Å². The number of ether oxygens (including phenoxy) is 1. The summed E-state index contributed by atoms with van der Waals surface area (Å²) in [6.07, 6.45) is -0.128. The van der Waals surface area contributed by atoms with E-state index in [1.165, 1.54) is 24.3 Å². The third-order valence-corrected chi connectivity index (χ3v) is 4.21. The van der Waals surface area contributed by atoms with Crippen LogP contribution in [0.4, 0.5) is 5.69 Å².